The molecule has 1 aliphatic heterocycles. The van der Waals surface area contributed by atoms with E-state index < -0.39 is 17.4 Å². The predicted octanol–water partition coefficient (Wildman–Crippen LogP) is 2.33. The molecule has 3 heterocycles. The summed E-state index contributed by atoms with van der Waals surface area (Å²) in [7, 11) is 3.54. The molecular formula is C21H29N5O3. The molecule has 29 heavy (non-hydrogen) atoms. The van der Waals surface area contributed by atoms with Crippen LogP contribution in [0.5, 0.6) is 0 Å². The van der Waals surface area contributed by atoms with Gasteiger partial charge in [0, 0.05) is 37.9 Å². The summed E-state index contributed by atoms with van der Waals surface area (Å²) in [6.45, 7) is 4.36. The summed E-state index contributed by atoms with van der Waals surface area (Å²) < 4.78 is 0. The third kappa shape index (κ3) is 4.03. The Labute approximate surface area is 171 Å². The van der Waals surface area contributed by atoms with Crippen LogP contribution < -0.4 is 0 Å². The Morgan fingerprint density at radius 1 is 1.41 bits per heavy atom. The molecule has 3 rings (SSSR count). The van der Waals surface area contributed by atoms with Crippen molar-refractivity contribution in [2.75, 3.05) is 14.1 Å². The number of aromatic amines is 1. The summed E-state index contributed by atoms with van der Waals surface area (Å²) in [4.78, 5) is 40.8. The molecule has 1 amide bonds. The number of amides is 1. The van der Waals surface area contributed by atoms with Crippen LogP contribution in [0.25, 0.3) is 0 Å². The van der Waals surface area contributed by atoms with Gasteiger partial charge >= 0.3 is 5.97 Å². The van der Waals surface area contributed by atoms with Crippen LogP contribution in [0.4, 0.5) is 0 Å². The van der Waals surface area contributed by atoms with E-state index in [4.69, 9.17) is 0 Å². The Balaban J connectivity index is 1.97. The number of nitrogens with one attached hydrogen (secondary N) is 1. The highest BCUT2D eigenvalue weighted by molar-refractivity contribution is 5.85. The standard InChI is InChI=1S/C21H29N5O3/c1-14(2)10-21(20(28)29)11-16(18(26(21)4)15-6-5-7-22-12-15)19(27)25(3)13-17-23-8-9-24-17/h5-9,12,14,16,18H,10-11,13H2,1-4H3,(H,23,24)(H,28,29)/t16-,18-,21-/m0/s1. The third-order valence-corrected chi connectivity index (χ3v) is 5.84. The predicted molar refractivity (Wildman–Crippen MR) is 108 cm³/mol. The molecule has 0 radical (unpaired) electrons. The molecule has 2 N–H and O–H groups in total. The third-order valence-electron chi connectivity index (χ3n) is 5.84. The van der Waals surface area contributed by atoms with Crippen molar-refractivity contribution in [3.63, 3.8) is 0 Å². The first-order chi connectivity index (χ1) is 13.8. The first-order valence-corrected chi connectivity index (χ1v) is 9.85. The SMILES string of the molecule is CC(C)C[C@@]1(C(=O)O)C[C@H](C(=O)N(C)Cc2ncc[nH]2)[C@H](c2cccnc2)N1C. The molecule has 0 bridgehead atoms. The van der Waals surface area contributed by atoms with Gasteiger partial charge in [0.25, 0.3) is 0 Å². The number of H-pyrrole nitrogens is 1. The van der Waals surface area contributed by atoms with Crippen LogP contribution in [-0.2, 0) is 16.1 Å². The van der Waals surface area contributed by atoms with Gasteiger partial charge in [0.05, 0.1) is 12.5 Å². The van der Waals surface area contributed by atoms with Crippen LogP contribution in [0.1, 0.15) is 44.1 Å². The number of likely N-dealkylation sites (tertiary alicyclic amines) is 1. The lowest BCUT2D eigenvalue weighted by Gasteiger charge is -2.36. The molecule has 1 aliphatic rings. The quantitative estimate of drug-likeness (QED) is 0.741. The monoisotopic (exact) mass is 399 g/mol. The van der Waals surface area contributed by atoms with Crippen LogP contribution in [0, 0.1) is 11.8 Å². The molecule has 0 aromatic carbocycles. The fourth-order valence-electron chi connectivity index (χ4n) is 4.58. The second kappa shape index (κ2) is 8.32. The minimum Gasteiger partial charge on any atom is -0.480 e. The minimum atomic E-state index is -1.10. The molecule has 0 saturated carbocycles. The van der Waals surface area contributed by atoms with E-state index in [1.54, 1.807) is 36.7 Å². The molecule has 0 unspecified atom stereocenters. The minimum absolute atomic E-state index is 0.0889. The van der Waals surface area contributed by atoms with Gasteiger partial charge in [0.1, 0.15) is 11.4 Å². The zero-order chi connectivity index (χ0) is 21.2. The summed E-state index contributed by atoms with van der Waals surface area (Å²) in [5.74, 6) is -0.589. The van der Waals surface area contributed by atoms with E-state index in [1.807, 2.05) is 37.9 Å². The number of aromatic nitrogens is 3. The van der Waals surface area contributed by atoms with Gasteiger partial charge < -0.3 is 15.0 Å². The number of carboxylic acid groups (broad SMARTS) is 1. The van der Waals surface area contributed by atoms with Crippen molar-refractivity contribution in [3.05, 3.63) is 48.3 Å². The van der Waals surface area contributed by atoms with Gasteiger partial charge in [-0.15, -0.1) is 0 Å². The number of hydrogen-bond acceptors (Lipinski definition) is 5. The second-order valence-corrected chi connectivity index (χ2v) is 8.32. The van der Waals surface area contributed by atoms with Gasteiger partial charge in [0.15, 0.2) is 0 Å². The molecule has 1 fully saturated rings. The second-order valence-electron chi connectivity index (χ2n) is 8.32. The Kier molecular flexibility index (Phi) is 6.02. The summed E-state index contributed by atoms with van der Waals surface area (Å²) in [6.07, 6.45) is 7.50. The average molecular weight is 399 g/mol. The smallest absolute Gasteiger partial charge is 0.324 e. The van der Waals surface area contributed by atoms with Gasteiger partial charge in [-0.2, -0.15) is 0 Å². The zero-order valence-corrected chi connectivity index (χ0v) is 17.4. The van der Waals surface area contributed by atoms with Crippen molar-refractivity contribution < 1.29 is 14.7 Å². The maximum atomic E-state index is 13.4. The topological polar surface area (TPSA) is 102 Å². The van der Waals surface area contributed by atoms with Crippen LogP contribution in [0.15, 0.2) is 36.9 Å². The van der Waals surface area contributed by atoms with Gasteiger partial charge in [-0.3, -0.25) is 19.5 Å². The molecule has 8 nitrogen and oxygen atoms in total. The Bertz CT molecular complexity index is 839. The number of aliphatic carboxylic acids is 1. The van der Waals surface area contributed by atoms with E-state index in [0.717, 1.165) is 5.56 Å². The van der Waals surface area contributed by atoms with Crippen molar-refractivity contribution in [1.29, 1.82) is 0 Å². The summed E-state index contributed by atoms with van der Waals surface area (Å²) in [5, 5.41) is 10.2. The Hall–Kier alpha value is -2.74. The maximum Gasteiger partial charge on any atom is 0.324 e. The van der Waals surface area contributed by atoms with Crippen molar-refractivity contribution >= 4 is 11.9 Å². The number of nitrogens with zero attached hydrogens (tertiary/aromatic N) is 4. The van der Waals surface area contributed by atoms with Crippen molar-refractivity contribution in [1.82, 2.24) is 24.8 Å². The van der Waals surface area contributed by atoms with Crippen LogP contribution in [0.3, 0.4) is 0 Å². The van der Waals surface area contributed by atoms with Crippen molar-refractivity contribution in [2.24, 2.45) is 11.8 Å². The lowest BCUT2D eigenvalue weighted by atomic mass is 9.83. The molecule has 2 aromatic rings. The number of carbonyl (C=O) groups excluding carboxylic acids is 1. The highest BCUT2D eigenvalue weighted by Crippen LogP contribution is 2.49. The lowest BCUT2D eigenvalue weighted by molar-refractivity contribution is -0.151. The number of carbonyl (C=O) groups is 2. The fourth-order valence-corrected chi connectivity index (χ4v) is 4.58. The number of hydrogen-bond donors (Lipinski definition) is 2. The summed E-state index contributed by atoms with van der Waals surface area (Å²) >= 11 is 0. The summed E-state index contributed by atoms with van der Waals surface area (Å²) in [6, 6.07) is 3.37. The average Bonchev–Trinajstić information content (AvgIpc) is 3.28. The van der Waals surface area contributed by atoms with E-state index >= 15 is 0 Å². The van der Waals surface area contributed by atoms with Gasteiger partial charge in [-0.1, -0.05) is 19.9 Å². The van der Waals surface area contributed by atoms with Gasteiger partial charge in [-0.05, 0) is 37.4 Å². The van der Waals surface area contributed by atoms with Crippen LogP contribution in [0.2, 0.25) is 0 Å². The molecule has 2 aromatic heterocycles. The maximum absolute atomic E-state index is 13.4. The molecule has 0 spiro atoms. The molecule has 156 valence electrons. The van der Waals surface area contributed by atoms with E-state index in [0.29, 0.717) is 18.8 Å². The summed E-state index contributed by atoms with van der Waals surface area (Å²) in [5.41, 5.74) is -0.243. The van der Waals surface area contributed by atoms with Crippen LogP contribution in [-0.4, -0.2) is 61.4 Å². The van der Waals surface area contributed by atoms with Crippen molar-refractivity contribution in [3.8, 4) is 0 Å². The van der Waals surface area contributed by atoms with Gasteiger partial charge in [-0.25, -0.2) is 4.98 Å². The first-order valence-electron chi connectivity index (χ1n) is 9.85. The lowest BCUT2D eigenvalue weighted by Crippen LogP contribution is -2.50. The zero-order valence-electron chi connectivity index (χ0n) is 17.4. The highest BCUT2D eigenvalue weighted by Gasteiger charge is 2.57. The van der Waals surface area contributed by atoms with Crippen LogP contribution >= 0.6 is 0 Å². The molecule has 0 aliphatic carbocycles. The number of rotatable bonds is 7. The van der Waals surface area contributed by atoms with E-state index in [2.05, 4.69) is 15.0 Å². The Morgan fingerprint density at radius 3 is 2.72 bits per heavy atom. The number of likely N-dealkylation sites (N-methyl/N-ethyl adjacent to an activating group) is 1. The molecule has 8 heteroatoms. The molecule has 3 atom stereocenters. The van der Waals surface area contributed by atoms with Gasteiger partial charge in [0.2, 0.25) is 5.91 Å². The number of carboxylic acids is 1. The molecular weight excluding hydrogens is 370 g/mol. The molecule has 1 saturated heterocycles. The normalized spacial score (nSPS) is 24.7. The number of imidazole rings is 1. The van der Waals surface area contributed by atoms with E-state index in [1.165, 1.54) is 0 Å². The number of pyridine rings is 1. The van der Waals surface area contributed by atoms with Crippen molar-refractivity contribution in [2.45, 2.75) is 44.8 Å². The van der Waals surface area contributed by atoms with E-state index in [-0.39, 0.29) is 24.3 Å². The largest absolute Gasteiger partial charge is 0.480 e. The fraction of sp³-hybridized carbons (Fsp3) is 0.524. The van der Waals surface area contributed by atoms with E-state index in [9.17, 15) is 14.7 Å². The highest BCUT2D eigenvalue weighted by atomic mass is 16.4. The Morgan fingerprint density at radius 2 is 2.17 bits per heavy atom. The first kappa shape index (κ1) is 21.0.